The van der Waals surface area contributed by atoms with Crippen molar-refractivity contribution in [2.45, 2.75) is 91.0 Å². The second-order valence-electron chi connectivity index (χ2n) is 16.1. The van der Waals surface area contributed by atoms with Crippen LogP contribution in [0.5, 0.6) is 5.75 Å². The minimum absolute atomic E-state index is 0.109. The van der Waals surface area contributed by atoms with Gasteiger partial charge in [0.1, 0.15) is 11.3 Å². The average Bonchev–Trinajstić information content (AvgIpc) is 3.52. The Balaban J connectivity index is 1.24. The van der Waals surface area contributed by atoms with Gasteiger partial charge in [-0.3, -0.25) is 24.1 Å². The van der Waals surface area contributed by atoms with Gasteiger partial charge in [-0.2, -0.15) is 0 Å². The number of fused-ring (bicyclic) bond motifs is 2. The Hall–Kier alpha value is -4.04. The third kappa shape index (κ3) is 5.06. The molecule has 0 aromatic heterocycles. The zero-order valence-corrected chi connectivity index (χ0v) is 29.1. The molecule has 1 fully saturated rings. The maximum absolute atomic E-state index is 14.1. The van der Waals surface area contributed by atoms with E-state index < -0.39 is 23.3 Å². The van der Waals surface area contributed by atoms with E-state index in [1.54, 1.807) is 12.1 Å². The van der Waals surface area contributed by atoms with Gasteiger partial charge in [0.2, 0.25) is 0 Å². The molecule has 1 spiro atoms. The molecule has 0 bridgehead atoms. The second-order valence-corrected chi connectivity index (χ2v) is 16.1. The van der Waals surface area contributed by atoms with E-state index >= 15 is 0 Å². The van der Waals surface area contributed by atoms with Crippen LogP contribution in [0.1, 0.15) is 96.6 Å². The summed E-state index contributed by atoms with van der Waals surface area (Å²) in [6.45, 7) is 12.2. The fourth-order valence-corrected chi connectivity index (χ4v) is 9.13. The lowest BCUT2D eigenvalue weighted by atomic mass is 9.63. The molecule has 1 saturated heterocycles. The van der Waals surface area contributed by atoms with Gasteiger partial charge in [0.15, 0.2) is 11.6 Å². The number of amides is 1. The van der Waals surface area contributed by atoms with Crippen LogP contribution in [-0.2, 0) is 24.7 Å². The van der Waals surface area contributed by atoms with Crippen molar-refractivity contribution >= 4 is 29.1 Å². The number of carbonyl (C=O) groups excluding carboxylic acids is 4. The highest BCUT2D eigenvalue weighted by molar-refractivity contribution is 6.09. The smallest absolute Gasteiger partial charge is 0.317 e. The van der Waals surface area contributed by atoms with E-state index in [9.17, 15) is 19.2 Å². The summed E-state index contributed by atoms with van der Waals surface area (Å²) < 4.78 is 6.00. The lowest BCUT2D eigenvalue weighted by molar-refractivity contribution is -0.146. The van der Waals surface area contributed by atoms with E-state index in [0.29, 0.717) is 31.6 Å². The first-order valence-corrected chi connectivity index (χ1v) is 17.5. The molecule has 0 saturated carbocycles. The Kier molecular flexibility index (Phi) is 7.81. The van der Waals surface area contributed by atoms with E-state index in [1.165, 1.54) is 0 Å². The van der Waals surface area contributed by atoms with Crippen LogP contribution in [0.15, 0.2) is 71.1 Å². The molecule has 7 rings (SSSR count). The molecule has 2 unspecified atom stereocenters. The van der Waals surface area contributed by atoms with E-state index in [0.717, 1.165) is 71.6 Å². The van der Waals surface area contributed by atoms with Crippen molar-refractivity contribution in [3.05, 3.63) is 82.2 Å². The third-order valence-corrected chi connectivity index (χ3v) is 11.3. The predicted molar refractivity (Wildman–Crippen MR) is 184 cm³/mol. The van der Waals surface area contributed by atoms with Gasteiger partial charge >= 0.3 is 5.97 Å². The Morgan fingerprint density at radius 3 is 2.08 bits per heavy atom. The Bertz CT molecular complexity index is 1730. The number of para-hydroxylation sites is 1. The molecule has 8 heteroatoms. The van der Waals surface area contributed by atoms with Crippen molar-refractivity contribution in [2.75, 3.05) is 25.5 Å². The molecule has 5 aliphatic rings. The van der Waals surface area contributed by atoms with Gasteiger partial charge in [-0.25, -0.2) is 0 Å². The van der Waals surface area contributed by atoms with Gasteiger partial charge in [-0.05, 0) is 67.3 Å². The molecule has 1 amide bonds. The summed E-state index contributed by atoms with van der Waals surface area (Å²) >= 11 is 0. The second kappa shape index (κ2) is 11.5. The highest BCUT2D eigenvalue weighted by Gasteiger charge is 2.61. The molecule has 2 atom stereocenters. The molecule has 1 N–H and O–H groups in total. The van der Waals surface area contributed by atoms with Crippen LogP contribution in [0.3, 0.4) is 0 Å². The number of rotatable bonds is 6. The van der Waals surface area contributed by atoms with Crippen molar-refractivity contribution in [1.29, 1.82) is 0 Å². The normalized spacial score (nSPS) is 26.5. The zero-order valence-electron chi connectivity index (χ0n) is 29.1. The van der Waals surface area contributed by atoms with Gasteiger partial charge in [0, 0.05) is 65.6 Å². The number of likely N-dealkylation sites (N-methyl/N-ethyl adjacent to an activating group) is 1. The maximum atomic E-state index is 14.1. The first kappa shape index (κ1) is 32.5. The minimum Gasteiger partial charge on any atom is -0.426 e. The maximum Gasteiger partial charge on any atom is 0.317 e. The fourth-order valence-electron chi connectivity index (χ4n) is 9.13. The van der Waals surface area contributed by atoms with E-state index in [4.69, 9.17) is 4.74 Å². The average molecular weight is 650 g/mol. The molecule has 252 valence electrons. The largest absolute Gasteiger partial charge is 0.426 e. The molecule has 8 nitrogen and oxygen atoms in total. The van der Waals surface area contributed by atoms with Crippen molar-refractivity contribution in [1.82, 2.24) is 9.80 Å². The number of ether oxygens (including phenoxy) is 1. The SMILES string of the molecule is CCCCN1C2=C(C(=O)CC(C)(C)C2)C(c2ccc(OC(=O)C3CCN(C)C34C(=O)Nc3ccccc34)cc2)C2=C1CC(C)(C)CC2=O. The van der Waals surface area contributed by atoms with Crippen molar-refractivity contribution < 1.29 is 23.9 Å². The number of carbonyl (C=O) groups is 4. The van der Waals surface area contributed by atoms with Gasteiger partial charge in [-0.1, -0.05) is 71.4 Å². The number of anilines is 1. The van der Waals surface area contributed by atoms with Crippen LogP contribution in [0, 0.1) is 16.7 Å². The van der Waals surface area contributed by atoms with Gasteiger partial charge in [0.25, 0.3) is 5.91 Å². The molecule has 2 aromatic carbocycles. The van der Waals surface area contributed by atoms with Crippen molar-refractivity contribution in [3.8, 4) is 5.75 Å². The number of hydrogen-bond donors (Lipinski definition) is 1. The number of Topliss-reactive ketones (excluding diaryl/α,β-unsaturated/α-hetero) is 2. The number of hydrogen-bond acceptors (Lipinski definition) is 7. The van der Waals surface area contributed by atoms with Crippen molar-refractivity contribution in [2.24, 2.45) is 16.7 Å². The molecule has 3 aliphatic heterocycles. The Labute approximate surface area is 283 Å². The Morgan fingerprint density at radius 1 is 0.875 bits per heavy atom. The van der Waals surface area contributed by atoms with Crippen LogP contribution in [-0.4, -0.2) is 53.4 Å². The summed E-state index contributed by atoms with van der Waals surface area (Å²) in [4.78, 5) is 59.7. The monoisotopic (exact) mass is 649 g/mol. The summed E-state index contributed by atoms with van der Waals surface area (Å²) in [5.41, 5.74) is 4.57. The quantitative estimate of drug-likeness (QED) is 0.269. The van der Waals surface area contributed by atoms with Crippen LogP contribution in [0.2, 0.25) is 0 Å². The standard InChI is InChI=1S/C40H47N3O5/c1-7-8-18-43-29-20-38(2,3)22-31(44)34(29)33(35-30(43)21-39(4,5)23-32(35)45)24-13-15-25(16-14-24)48-36(46)27-17-19-42(6)40(27)26-11-9-10-12-28(26)41-37(40)47/h9-16,27,33H,7-8,17-23H2,1-6H3,(H,41,47). The molecule has 48 heavy (non-hydrogen) atoms. The number of unbranched alkanes of at least 4 members (excludes halogenated alkanes) is 1. The van der Waals surface area contributed by atoms with Gasteiger partial charge in [-0.15, -0.1) is 0 Å². The topological polar surface area (TPSA) is 96.0 Å². The van der Waals surface area contributed by atoms with Crippen LogP contribution >= 0.6 is 0 Å². The van der Waals surface area contributed by atoms with Crippen LogP contribution < -0.4 is 10.1 Å². The number of allylic oxidation sites excluding steroid dienone is 4. The summed E-state index contributed by atoms with van der Waals surface area (Å²) in [5.74, 6) is -1.19. The van der Waals surface area contributed by atoms with Crippen molar-refractivity contribution in [3.63, 3.8) is 0 Å². The number of nitrogens with zero attached hydrogens (tertiary/aromatic N) is 2. The van der Waals surface area contributed by atoms with Gasteiger partial charge < -0.3 is 15.0 Å². The third-order valence-electron chi connectivity index (χ3n) is 11.3. The van der Waals surface area contributed by atoms with E-state index in [1.807, 2.05) is 48.3 Å². The highest BCUT2D eigenvalue weighted by Crippen LogP contribution is 2.55. The number of ketones is 2. The van der Waals surface area contributed by atoms with Crippen LogP contribution in [0.4, 0.5) is 5.69 Å². The molecule has 2 aliphatic carbocycles. The number of likely N-dealkylation sites (tertiary alicyclic amines) is 1. The van der Waals surface area contributed by atoms with Gasteiger partial charge in [0.05, 0.1) is 5.92 Å². The molecular formula is C40H47N3O5. The summed E-state index contributed by atoms with van der Waals surface area (Å²) in [7, 11) is 1.88. The fraction of sp³-hybridized carbons (Fsp3) is 0.500. The molecular weight excluding hydrogens is 602 g/mol. The summed E-state index contributed by atoms with van der Waals surface area (Å²) in [6.07, 6.45) is 4.94. The predicted octanol–water partition coefficient (Wildman–Crippen LogP) is 6.88. The lowest BCUT2D eigenvalue weighted by Gasteiger charge is -2.49. The Morgan fingerprint density at radius 2 is 1.48 bits per heavy atom. The first-order chi connectivity index (χ1) is 22.8. The number of esters is 1. The summed E-state index contributed by atoms with van der Waals surface area (Å²) in [6, 6.07) is 14.9. The van der Waals surface area contributed by atoms with Crippen LogP contribution in [0.25, 0.3) is 0 Å². The highest BCUT2D eigenvalue weighted by atomic mass is 16.5. The van der Waals surface area contributed by atoms with E-state index in [-0.39, 0.29) is 28.3 Å². The number of nitrogens with one attached hydrogen (secondary N) is 1. The molecule has 2 aromatic rings. The summed E-state index contributed by atoms with van der Waals surface area (Å²) in [5, 5.41) is 2.97. The molecule has 0 radical (unpaired) electrons. The zero-order chi connectivity index (χ0) is 34.2. The lowest BCUT2D eigenvalue weighted by Crippen LogP contribution is -2.51. The number of benzene rings is 2. The first-order valence-electron chi connectivity index (χ1n) is 17.5. The van der Waals surface area contributed by atoms with E-state index in [2.05, 4.69) is 44.8 Å². The minimum atomic E-state index is -1.12. The molecule has 3 heterocycles.